The summed E-state index contributed by atoms with van der Waals surface area (Å²) < 4.78 is 12.7. The Labute approximate surface area is 501 Å². The van der Waals surface area contributed by atoms with Crippen molar-refractivity contribution in [1.82, 2.24) is 20.3 Å². The molecule has 1 aliphatic carbocycles. The molecule has 1 heterocycles. The highest BCUT2D eigenvalue weighted by molar-refractivity contribution is 7.99. The molecule has 1 aliphatic rings. The standard InChI is InChI=1S/C65H121N5O11S/c1-4-7-10-13-16-19-22-25-28-31-34-37-40-43-46-56(71)66-54(65(79)67-55-49-70(69-68-55)59-60(74)62(76)64(78)63(77)61(59)75)52-82-51-53(81-58(73)48-45-42-39-36-33-30-27-24-21-18-15-12-9-6-3)50-80-57(72)47-44-41-38-35-32-29-26-23-20-17-14-11-8-5-2/h49,53-54,59-64,74-78H,4-48,50-52H2,1-3H3,(H,66,71)(H,67,79)/t53-,54-,59?,60+,61+,62-,63+,64?/m1/s1. The van der Waals surface area contributed by atoms with Crippen LogP contribution < -0.4 is 10.6 Å². The molecule has 7 N–H and O–H groups in total. The highest BCUT2D eigenvalue weighted by atomic mass is 32.2. The Balaban J connectivity index is 1.99. The molecule has 1 aromatic heterocycles. The van der Waals surface area contributed by atoms with Gasteiger partial charge in [0.15, 0.2) is 5.82 Å². The Hall–Kier alpha value is -2.83. The number of carbonyl (C=O) groups is 4. The highest BCUT2D eigenvalue weighted by Crippen LogP contribution is 2.30. The molecule has 16 nitrogen and oxygen atoms in total. The lowest BCUT2D eigenvalue weighted by molar-refractivity contribution is -0.200. The second-order valence-corrected chi connectivity index (χ2v) is 25.1. The van der Waals surface area contributed by atoms with Crippen molar-refractivity contribution in [2.75, 3.05) is 23.4 Å². The SMILES string of the molecule is CCCCCCCCCCCCCCCCC(=O)N[C@H](CSC[C@@H](COC(=O)CCCCCCCCCCCCCCCC)OC(=O)CCCCCCCCCCCCCCCC)C(=O)Nc1cn(C2[C@H](O)[C@H](O)C(O)[C@H](O)[C@H]2O)nn1. The summed E-state index contributed by atoms with van der Waals surface area (Å²) in [6.45, 7) is 6.62. The monoisotopic (exact) mass is 1180 g/mol. The number of esters is 2. The first-order chi connectivity index (χ1) is 39.9. The van der Waals surface area contributed by atoms with Crippen molar-refractivity contribution in [3.05, 3.63) is 6.20 Å². The molecule has 17 heteroatoms. The molecule has 0 aliphatic heterocycles. The number of ether oxygens (including phenoxy) is 2. The minimum absolute atomic E-state index is 0.0702. The van der Waals surface area contributed by atoms with Crippen LogP contribution >= 0.6 is 11.8 Å². The molecular formula is C65H121N5O11S. The van der Waals surface area contributed by atoms with Gasteiger partial charge < -0.3 is 45.6 Å². The number of unbranched alkanes of at least 4 members (excludes halogenated alkanes) is 39. The third-order valence-electron chi connectivity index (χ3n) is 16.4. The maximum absolute atomic E-state index is 14.0. The number of rotatable bonds is 56. The van der Waals surface area contributed by atoms with Gasteiger partial charge in [0.1, 0.15) is 55.3 Å². The molecule has 1 saturated carbocycles. The maximum Gasteiger partial charge on any atom is 0.306 e. The Morgan fingerprint density at radius 3 is 1.21 bits per heavy atom. The average molecular weight is 1180 g/mol. The second kappa shape index (κ2) is 51.4. The van der Waals surface area contributed by atoms with Crippen molar-refractivity contribution in [1.29, 1.82) is 0 Å². The number of anilines is 1. The predicted octanol–water partition coefficient (Wildman–Crippen LogP) is 13.9. The summed E-state index contributed by atoms with van der Waals surface area (Å²) in [7, 11) is 0. The third kappa shape index (κ3) is 37.6. The van der Waals surface area contributed by atoms with E-state index in [1.807, 2.05) is 0 Å². The average Bonchev–Trinajstić information content (AvgIpc) is 3.51. The summed E-state index contributed by atoms with van der Waals surface area (Å²) in [5.74, 6) is -1.45. The number of nitrogens with zero attached hydrogens (tertiary/aromatic N) is 3. The van der Waals surface area contributed by atoms with Gasteiger partial charge in [0.25, 0.3) is 0 Å². The number of aromatic nitrogens is 3. The van der Waals surface area contributed by atoms with Gasteiger partial charge in [-0.15, -0.1) is 5.10 Å². The van der Waals surface area contributed by atoms with Crippen molar-refractivity contribution < 1.29 is 54.2 Å². The van der Waals surface area contributed by atoms with Crippen molar-refractivity contribution in [2.45, 2.75) is 358 Å². The number of aliphatic hydroxyl groups is 5. The van der Waals surface area contributed by atoms with Gasteiger partial charge in [-0.1, -0.05) is 276 Å². The molecule has 2 rings (SSSR count). The first kappa shape index (κ1) is 75.3. The zero-order valence-corrected chi connectivity index (χ0v) is 52.9. The minimum atomic E-state index is -1.79. The van der Waals surface area contributed by atoms with E-state index in [1.165, 1.54) is 211 Å². The summed E-state index contributed by atoms with van der Waals surface area (Å²) in [5, 5.41) is 65.5. The number of carbonyl (C=O) groups excluding carboxylic acids is 4. The molecular weight excluding hydrogens is 1060 g/mol. The van der Waals surface area contributed by atoms with Crippen LogP contribution in [0, 0.1) is 0 Å². The lowest BCUT2D eigenvalue weighted by atomic mass is 9.83. The molecule has 82 heavy (non-hydrogen) atoms. The van der Waals surface area contributed by atoms with E-state index in [-0.39, 0.29) is 61.0 Å². The number of hydrogen-bond donors (Lipinski definition) is 7. The van der Waals surface area contributed by atoms with E-state index in [9.17, 15) is 44.7 Å². The highest BCUT2D eigenvalue weighted by Gasteiger charge is 2.49. The molecule has 0 bridgehead atoms. The molecule has 1 aromatic rings. The smallest absolute Gasteiger partial charge is 0.306 e. The van der Waals surface area contributed by atoms with E-state index in [2.05, 4.69) is 41.7 Å². The summed E-state index contributed by atoms with van der Waals surface area (Å²) in [4.78, 5) is 53.7. The van der Waals surface area contributed by atoms with Crippen molar-refractivity contribution >= 4 is 41.3 Å². The quantitative estimate of drug-likeness (QED) is 0.0237. The number of hydrogen-bond acceptors (Lipinski definition) is 14. The summed E-state index contributed by atoms with van der Waals surface area (Å²) in [5.41, 5.74) is 0. The lowest BCUT2D eigenvalue weighted by Crippen LogP contribution is -2.61. The molecule has 0 saturated heterocycles. The van der Waals surface area contributed by atoms with Crippen LogP contribution in [0.3, 0.4) is 0 Å². The normalized spacial score (nSPS) is 18.8. The fourth-order valence-corrected chi connectivity index (χ4v) is 12.0. The zero-order valence-electron chi connectivity index (χ0n) is 52.1. The largest absolute Gasteiger partial charge is 0.462 e. The van der Waals surface area contributed by atoms with E-state index < -0.39 is 54.6 Å². The lowest BCUT2D eigenvalue weighted by Gasteiger charge is -2.41. The van der Waals surface area contributed by atoms with Gasteiger partial charge in [-0.05, 0) is 19.3 Å². The van der Waals surface area contributed by atoms with Gasteiger partial charge in [-0.25, -0.2) is 4.68 Å². The van der Waals surface area contributed by atoms with E-state index in [0.717, 1.165) is 68.9 Å². The summed E-state index contributed by atoms with van der Waals surface area (Å²) >= 11 is 1.28. The molecule has 0 aromatic carbocycles. The Morgan fingerprint density at radius 1 is 0.476 bits per heavy atom. The van der Waals surface area contributed by atoms with Gasteiger partial charge in [-0.3, -0.25) is 19.2 Å². The zero-order chi connectivity index (χ0) is 59.7. The third-order valence-corrected chi connectivity index (χ3v) is 17.5. The van der Waals surface area contributed by atoms with E-state index in [1.54, 1.807) is 0 Å². The van der Waals surface area contributed by atoms with Crippen molar-refractivity contribution in [2.24, 2.45) is 0 Å². The summed E-state index contributed by atoms with van der Waals surface area (Å²) in [6, 6.07) is -2.47. The predicted molar refractivity (Wildman–Crippen MR) is 333 cm³/mol. The van der Waals surface area contributed by atoms with Gasteiger partial charge in [-0.2, -0.15) is 11.8 Å². The molecule has 478 valence electrons. The van der Waals surface area contributed by atoms with Gasteiger partial charge in [0.2, 0.25) is 11.8 Å². The summed E-state index contributed by atoms with van der Waals surface area (Å²) in [6.07, 6.45) is 42.9. The van der Waals surface area contributed by atoms with Crippen molar-refractivity contribution in [3.63, 3.8) is 0 Å². The number of thioether (sulfide) groups is 1. The van der Waals surface area contributed by atoms with Crippen LogP contribution in [0.15, 0.2) is 6.20 Å². The molecule has 1 fully saturated rings. The fraction of sp³-hybridized carbons (Fsp3) is 0.908. The van der Waals surface area contributed by atoms with Crippen LogP contribution in [-0.4, -0.2) is 125 Å². The Kier molecular flexibility index (Phi) is 47.2. The van der Waals surface area contributed by atoms with Crippen LogP contribution in [0.5, 0.6) is 0 Å². The molecule has 8 atom stereocenters. The van der Waals surface area contributed by atoms with Crippen LogP contribution in [0.4, 0.5) is 5.82 Å². The van der Waals surface area contributed by atoms with Gasteiger partial charge in [0.05, 0.1) is 6.20 Å². The van der Waals surface area contributed by atoms with Crippen LogP contribution in [0.2, 0.25) is 0 Å². The minimum Gasteiger partial charge on any atom is -0.462 e. The first-order valence-electron chi connectivity index (χ1n) is 33.8. The number of nitrogens with one attached hydrogen (secondary N) is 2. The van der Waals surface area contributed by atoms with Crippen LogP contribution in [0.1, 0.15) is 316 Å². The Bertz CT molecular complexity index is 1690. The Morgan fingerprint density at radius 2 is 0.817 bits per heavy atom. The number of aliphatic hydroxyl groups excluding tert-OH is 5. The molecule has 2 unspecified atom stereocenters. The van der Waals surface area contributed by atoms with E-state index in [0.29, 0.717) is 12.8 Å². The molecule has 2 amide bonds. The van der Waals surface area contributed by atoms with Crippen LogP contribution in [0.25, 0.3) is 0 Å². The maximum atomic E-state index is 14.0. The van der Waals surface area contributed by atoms with Gasteiger partial charge in [0, 0.05) is 30.8 Å². The molecule has 0 spiro atoms. The second-order valence-electron chi connectivity index (χ2n) is 24.0. The van der Waals surface area contributed by atoms with E-state index in [4.69, 9.17) is 9.47 Å². The van der Waals surface area contributed by atoms with Gasteiger partial charge >= 0.3 is 11.9 Å². The first-order valence-corrected chi connectivity index (χ1v) is 34.9. The van der Waals surface area contributed by atoms with Crippen LogP contribution in [-0.2, 0) is 28.7 Å². The fourth-order valence-electron chi connectivity index (χ4n) is 11.0. The van der Waals surface area contributed by atoms with Crippen molar-refractivity contribution in [3.8, 4) is 0 Å². The van der Waals surface area contributed by atoms with E-state index >= 15 is 0 Å². The molecule has 0 radical (unpaired) electrons. The topological polar surface area (TPSA) is 243 Å². The number of amides is 2.